The first kappa shape index (κ1) is 24.8. The van der Waals surface area contributed by atoms with E-state index in [-0.39, 0.29) is 58.4 Å². The number of benzene rings is 1. The molecular formula is C24H25F2N7O3. The highest BCUT2D eigenvalue weighted by Gasteiger charge is 2.29. The van der Waals surface area contributed by atoms with E-state index in [0.29, 0.717) is 31.5 Å². The number of aromatic amines is 1. The Kier molecular flexibility index (Phi) is 7.23. The van der Waals surface area contributed by atoms with Gasteiger partial charge in [0.1, 0.15) is 5.69 Å². The van der Waals surface area contributed by atoms with Crippen molar-refractivity contribution >= 4 is 23.5 Å². The Morgan fingerprint density at radius 3 is 2.72 bits per heavy atom. The van der Waals surface area contributed by atoms with E-state index in [1.807, 2.05) is 0 Å². The number of nitrogens with one attached hydrogen (secondary N) is 3. The summed E-state index contributed by atoms with van der Waals surface area (Å²) < 4.78 is 32.5. The Hall–Kier alpha value is -4.35. The van der Waals surface area contributed by atoms with E-state index in [4.69, 9.17) is 15.9 Å². The molecule has 0 atom stereocenters. The number of hydrogen-bond acceptors (Lipinski definition) is 7. The highest BCUT2D eigenvalue weighted by Crippen LogP contribution is 2.26. The molecule has 0 spiro atoms. The maximum Gasteiger partial charge on any atom is 0.271 e. The van der Waals surface area contributed by atoms with E-state index in [1.165, 1.54) is 31.4 Å². The summed E-state index contributed by atoms with van der Waals surface area (Å²) in [6.07, 6.45) is 1.96. The molecule has 1 saturated heterocycles. The van der Waals surface area contributed by atoms with Gasteiger partial charge in [-0.1, -0.05) is 6.07 Å². The van der Waals surface area contributed by atoms with Gasteiger partial charge < -0.3 is 20.7 Å². The maximum absolute atomic E-state index is 14.2. The number of nitrogens with two attached hydrogens (primary N) is 1. The topological polar surface area (TPSA) is 150 Å². The van der Waals surface area contributed by atoms with Crippen LogP contribution in [0.1, 0.15) is 34.5 Å². The van der Waals surface area contributed by atoms with Gasteiger partial charge in [-0.3, -0.25) is 20.1 Å². The molecule has 0 bridgehead atoms. The van der Waals surface area contributed by atoms with Crippen LogP contribution in [0.25, 0.3) is 11.3 Å². The number of nitrogen functional groups attached to an aromatic ring is 1. The number of aromatic nitrogens is 3. The van der Waals surface area contributed by atoms with Crippen molar-refractivity contribution < 1.29 is 23.1 Å². The van der Waals surface area contributed by atoms with Gasteiger partial charge in [0.25, 0.3) is 5.91 Å². The molecular weight excluding hydrogens is 472 g/mol. The molecule has 3 heterocycles. The number of methoxy groups -OCH3 is 1. The summed E-state index contributed by atoms with van der Waals surface area (Å²) in [4.78, 5) is 31.0. The van der Waals surface area contributed by atoms with Crippen LogP contribution < -0.4 is 15.8 Å². The number of hydrogen-bond donors (Lipinski definition) is 4. The molecule has 10 nitrogen and oxygen atoms in total. The van der Waals surface area contributed by atoms with Crippen LogP contribution in [0.2, 0.25) is 0 Å². The van der Waals surface area contributed by atoms with Gasteiger partial charge in [0.15, 0.2) is 5.82 Å². The summed E-state index contributed by atoms with van der Waals surface area (Å²) >= 11 is 0. The predicted molar refractivity (Wildman–Crippen MR) is 128 cm³/mol. The third kappa shape index (κ3) is 5.32. The lowest BCUT2D eigenvalue weighted by Gasteiger charge is -2.31. The van der Waals surface area contributed by atoms with E-state index in [0.717, 1.165) is 6.20 Å². The molecule has 3 aromatic rings. The van der Waals surface area contributed by atoms with E-state index in [1.54, 1.807) is 11.0 Å². The third-order valence-electron chi connectivity index (χ3n) is 6.10. The highest BCUT2D eigenvalue weighted by atomic mass is 19.1. The van der Waals surface area contributed by atoms with Gasteiger partial charge in [-0.15, -0.1) is 0 Å². The summed E-state index contributed by atoms with van der Waals surface area (Å²) in [5, 5.41) is 16.7. The molecule has 0 saturated carbocycles. The highest BCUT2D eigenvalue weighted by molar-refractivity contribution is 5.96. The van der Waals surface area contributed by atoms with Crippen LogP contribution in [0.3, 0.4) is 0 Å². The van der Waals surface area contributed by atoms with Crippen LogP contribution in [-0.4, -0.2) is 58.1 Å². The largest absolute Gasteiger partial charge is 0.481 e. The number of ether oxygens (including phenoxy) is 1. The molecule has 1 aliphatic heterocycles. The number of carbonyl (C=O) groups excluding carboxylic acids is 2. The second kappa shape index (κ2) is 10.5. The van der Waals surface area contributed by atoms with Crippen molar-refractivity contribution in [2.75, 3.05) is 25.9 Å². The quantitative estimate of drug-likeness (QED) is 0.291. The van der Waals surface area contributed by atoms with Gasteiger partial charge in [0.05, 0.1) is 24.6 Å². The Balaban J connectivity index is 1.32. The first-order valence-corrected chi connectivity index (χ1v) is 11.2. The number of anilines is 1. The fraction of sp³-hybridized carbons (Fsp3) is 0.292. The number of pyridine rings is 1. The molecule has 0 radical (unpaired) electrons. The van der Waals surface area contributed by atoms with Crippen molar-refractivity contribution in [2.45, 2.75) is 19.4 Å². The van der Waals surface area contributed by atoms with Gasteiger partial charge >= 0.3 is 0 Å². The van der Waals surface area contributed by atoms with Crippen molar-refractivity contribution in [1.29, 1.82) is 5.41 Å². The van der Waals surface area contributed by atoms with E-state index < -0.39 is 11.8 Å². The molecule has 12 heteroatoms. The minimum absolute atomic E-state index is 0.0126. The van der Waals surface area contributed by atoms with Crippen molar-refractivity contribution in [3.63, 3.8) is 0 Å². The second-order valence-electron chi connectivity index (χ2n) is 8.39. The number of nitrogens with zero attached hydrogens (tertiary/aromatic N) is 3. The van der Waals surface area contributed by atoms with Crippen LogP contribution in [-0.2, 0) is 11.3 Å². The van der Waals surface area contributed by atoms with E-state index in [9.17, 15) is 18.4 Å². The number of rotatable bonds is 7. The molecule has 1 fully saturated rings. The SMILES string of the molecule is COc1cc(-c2cc(C(=O)N3CCC(C(=O)NCc4ccc(N)c(C(=N)F)c4)CC3)[nH]n2)c(F)cn1. The molecule has 36 heavy (non-hydrogen) atoms. The summed E-state index contributed by atoms with van der Waals surface area (Å²) in [6, 6.07) is 7.46. The van der Waals surface area contributed by atoms with E-state index in [2.05, 4.69) is 20.5 Å². The zero-order valence-electron chi connectivity index (χ0n) is 19.5. The fourth-order valence-electron chi connectivity index (χ4n) is 4.05. The summed E-state index contributed by atoms with van der Waals surface area (Å²) in [5.74, 6) is -2.24. The van der Waals surface area contributed by atoms with Crippen molar-refractivity contribution in [3.05, 3.63) is 59.2 Å². The second-order valence-corrected chi connectivity index (χ2v) is 8.39. The average molecular weight is 498 g/mol. The number of H-pyrrole nitrogens is 1. The third-order valence-corrected chi connectivity index (χ3v) is 6.10. The molecule has 4 rings (SSSR count). The van der Waals surface area contributed by atoms with Crippen LogP contribution in [0.4, 0.5) is 14.5 Å². The number of amides is 2. The molecule has 0 unspecified atom stereocenters. The zero-order chi connectivity index (χ0) is 25.8. The standard InChI is InChI=1S/C24H25F2N7O3/c1-36-21-9-15(17(25)12-29-21)19-10-20(32-31-19)24(35)33-6-4-14(5-7-33)23(34)30-11-13-2-3-18(27)16(8-13)22(26)28/h2-3,8-10,12,14,28H,4-7,11,27H2,1H3,(H,30,34)(H,31,32). The van der Waals surface area contributed by atoms with Crippen LogP contribution in [0.5, 0.6) is 5.88 Å². The molecule has 2 aromatic heterocycles. The zero-order valence-corrected chi connectivity index (χ0v) is 19.5. The van der Waals surface area contributed by atoms with Crippen molar-refractivity contribution in [1.82, 2.24) is 25.4 Å². The minimum Gasteiger partial charge on any atom is -0.481 e. The van der Waals surface area contributed by atoms with Gasteiger partial charge in [-0.25, -0.2) is 9.37 Å². The van der Waals surface area contributed by atoms with Gasteiger partial charge in [-0.05, 0) is 36.6 Å². The van der Waals surface area contributed by atoms with Gasteiger partial charge in [0.2, 0.25) is 17.8 Å². The molecule has 5 N–H and O–H groups in total. The Labute approximate surface area is 205 Å². The smallest absolute Gasteiger partial charge is 0.271 e. The van der Waals surface area contributed by atoms with Crippen molar-refractivity contribution in [2.24, 2.45) is 5.92 Å². The number of carbonyl (C=O) groups is 2. The van der Waals surface area contributed by atoms with Crippen LogP contribution in [0, 0.1) is 17.1 Å². The number of halogens is 2. The van der Waals surface area contributed by atoms with Gasteiger partial charge in [0, 0.05) is 42.9 Å². The molecule has 188 valence electrons. The summed E-state index contributed by atoms with van der Waals surface area (Å²) in [6.45, 7) is 0.910. The fourth-order valence-corrected chi connectivity index (χ4v) is 4.05. The average Bonchev–Trinajstić information content (AvgIpc) is 3.38. The van der Waals surface area contributed by atoms with Crippen LogP contribution in [0.15, 0.2) is 36.5 Å². The predicted octanol–water partition coefficient (Wildman–Crippen LogP) is 2.67. The lowest BCUT2D eigenvalue weighted by Crippen LogP contribution is -2.43. The van der Waals surface area contributed by atoms with Crippen LogP contribution >= 0.6 is 0 Å². The molecule has 2 amide bonds. The molecule has 1 aliphatic rings. The minimum atomic E-state index is -1.13. The first-order valence-electron chi connectivity index (χ1n) is 11.2. The first-order chi connectivity index (χ1) is 17.3. The van der Waals surface area contributed by atoms with Gasteiger partial charge in [-0.2, -0.15) is 9.49 Å². The Bertz CT molecular complexity index is 1300. The Morgan fingerprint density at radius 1 is 1.28 bits per heavy atom. The number of likely N-dealkylation sites (tertiary alicyclic amines) is 1. The monoisotopic (exact) mass is 497 g/mol. The maximum atomic E-state index is 14.2. The Morgan fingerprint density at radius 2 is 2.03 bits per heavy atom. The van der Waals surface area contributed by atoms with E-state index >= 15 is 0 Å². The molecule has 1 aromatic carbocycles. The lowest BCUT2D eigenvalue weighted by molar-refractivity contribution is -0.126. The lowest BCUT2D eigenvalue weighted by atomic mass is 9.95. The molecule has 0 aliphatic carbocycles. The number of piperidine rings is 1. The summed E-state index contributed by atoms with van der Waals surface area (Å²) in [7, 11) is 1.42. The summed E-state index contributed by atoms with van der Waals surface area (Å²) in [5.41, 5.74) is 7.05. The normalized spacial score (nSPS) is 13.9. The van der Waals surface area contributed by atoms with Crippen molar-refractivity contribution in [3.8, 4) is 17.1 Å².